The maximum Gasteiger partial charge on any atom is 0.255 e. The van der Waals surface area contributed by atoms with Crippen LogP contribution in [0.15, 0.2) is 18.5 Å². The highest BCUT2D eigenvalue weighted by Gasteiger charge is 2.19. The summed E-state index contributed by atoms with van der Waals surface area (Å²) in [7, 11) is 0. The van der Waals surface area contributed by atoms with Crippen LogP contribution in [0, 0.1) is 0 Å². The van der Waals surface area contributed by atoms with E-state index >= 15 is 0 Å². The Morgan fingerprint density at radius 2 is 1.95 bits per heavy atom. The highest BCUT2D eigenvalue weighted by atomic mass is 16.2. The molecule has 3 rings (SSSR count). The molecule has 1 amide bonds. The molecule has 1 saturated heterocycles. The average Bonchev–Trinajstić information content (AvgIpc) is 2.90. The number of likely N-dealkylation sites (tertiary alicyclic amines) is 1. The van der Waals surface area contributed by atoms with Gasteiger partial charge in [-0.05, 0) is 39.2 Å². The van der Waals surface area contributed by atoms with Gasteiger partial charge in [0.25, 0.3) is 5.91 Å². The minimum Gasteiger partial charge on any atom is -0.339 e. The second-order valence-corrected chi connectivity index (χ2v) is 5.67. The summed E-state index contributed by atoms with van der Waals surface area (Å²) in [5, 5.41) is 5.27. The van der Waals surface area contributed by atoms with Crippen LogP contribution in [0.2, 0.25) is 0 Å². The molecule has 20 heavy (non-hydrogen) atoms. The van der Waals surface area contributed by atoms with Crippen molar-refractivity contribution in [1.29, 1.82) is 0 Å². The van der Waals surface area contributed by atoms with E-state index in [0.717, 1.165) is 37.0 Å². The van der Waals surface area contributed by atoms with Gasteiger partial charge in [-0.1, -0.05) is 0 Å². The summed E-state index contributed by atoms with van der Waals surface area (Å²) in [6.07, 6.45) is 6.90. The maximum atomic E-state index is 12.4. The quantitative estimate of drug-likeness (QED) is 0.844. The molecule has 1 aliphatic heterocycles. The van der Waals surface area contributed by atoms with Gasteiger partial charge in [0.1, 0.15) is 0 Å². The number of amides is 1. The summed E-state index contributed by atoms with van der Waals surface area (Å²) >= 11 is 0. The third-order valence-electron chi connectivity index (χ3n) is 3.81. The number of hydrogen-bond donors (Lipinski definition) is 0. The van der Waals surface area contributed by atoms with E-state index in [1.165, 1.54) is 6.42 Å². The van der Waals surface area contributed by atoms with Crippen LogP contribution in [0.4, 0.5) is 0 Å². The molecule has 5 nitrogen and oxygen atoms in total. The molecule has 3 heterocycles. The number of nitrogens with zero attached hydrogens (tertiary/aromatic N) is 4. The summed E-state index contributed by atoms with van der Waals surface area (Å²) in [5.41, 5.74) is 1.51. The predicted molar refractivity (Wildman–Crippen MR) is 77.7 cm³/mol. The highest BCUT2D eigenvalue weighted by Crippen LogP contribution is 2.19. The van der Waals surface area contributed by atoms with Crippen LogP contribution >= 0.6 is 0 Å². The fourth-order valence-corrected chi connectivity index (χ4v) is 2.71. The first-order valence-corrected chi connectivity index (χ1v) is 7.29. The first-order chi connectivity index (χ1) is 9.66. The van der Waals surface area contributed by atoms with Crippen LogP contribution in [0.5, 0.6) is 0 Å². The molecule has 2 aromatic heterocycles. The Hall–Kier alpha value is -1.91. The van der Waals surface area contributed by atoms with Gasteiger partial charge in [-0.25, -0.2) is 9.67 Å². The van der Waals surface area contributed by atoms with Gasteiger partial charge in [0, 0.05) is 30.7 Å². The third kappa shape index (κ3) is 2.28. The lowest BCUT2D eigenvalue weighted by Crippen LogP contribution is -2.35. The lowest BCUT2D eigenvalue weighted by molar-refractivity contribution is 0.0724. The molecular weight excluding hydrogens is 252 g/mol. The van der Waals surface area contributed by atoms with Crippen molar-refractivity contribution in [2.45, 2.75) is 39.2 Å². The second kappa shape index (κ2) is 5.23. The van der Waals surface area contributed by atoms with E-state index in [-0.39, 0.29) is 11.9 Å². The Morgan fingerprint density at radius 3 is 2.65 bits per heavy atom. The van der Waals surface area contributed by atoms with Crippen molar-refractivity contribution >= 4 is 16.9 Å². The summed E-state index contributed by atoms with van der Waals surface area (Å²) < 4.78 is 1.88. The zero-order valence-electron chi connectivity index (χ0n) is 12.0. The fraction of sp³-hybridized carbons (Fsp3) is 0.533. The van der Waals surface area contributed by atoms with Crippen LogP contribution in [-0.2, 0) is 0 Å². The van der Waals surface area contributed by atoms with Gasteiger partial charge in [0.2, 0.25) is 0 Å². The molecule has 0 N–H and O–H groups in total. The Balaban J connectivity index is 1.91. The number of carbonyl (C=O) groups excluding carboxylic acids is 1. The van der Waals surface area contributed by atoms with E-state index in [1.807, 2.05) is 15.6 Å². The number of carbonyl (C=O) groups is 1. The molecule has 0 aliphatic carbocycles. The van der Waals surface area contributed by atoms with Gasteiger partial charge in [-0.2, -0.15) is 5.10 Å². The Morgan fingerprint density at radius 1 is 1.20 bits per heavy atom. The summed E-state index contributed by atoms with van der Waals surface area (Å²) in [6, 6.07) is 2.18. The van der Waals surface area contributed by atoms with Crippen LogP contribution in [0.3, 0.4) is 0 Å². The standard InChI is InChI=1S/C15H20N4O/c1-11(2)19-14-12(10-17-19)8-13(9-16-14)15(20)18-6-4-3-5-7-18/h8-11H,3-7H2,1-2H3. The van der Waals surface area contributed by atoms with Crippen LogP contribution in [0.1, 0.15) is 49.5 Å². The number of piperidine rings is 1. The van der Waals surface area contributed by atoms with Crippen LogP contribution < -0.4 is 0 Å². The predicted octanol–water partition coefficient (Wildman–Crippen LogP) is 2.64. The Labute approximate surface area is 118 Å². The average molecular weight is 272 g/mol. The molecule has 5 heteroatoms. The number of aromatic nitrogens is 3. The van der Waals surface area contributed by atoms with E-state index in [1.54, 1.807) is 12.4 Å². The Kier molecular flexibility index (Phi) is 3.42. The molecule has 0 saturated carbocycles. The van der Waals surface area contributed by atoms with Crippen molar-refractivity contribution in [3.63, 3.8) is 0 Å². The van der Waals surface area contributed by atoms with Crippen molar-refractivity contribution in [3.8, 4) is 0 Å². The first-order valence-electron chi connectivity index (χ1n) is 7.29. The number of pyridine rings is 1. The lowest BCUT2D eigenvalue weighted by atomic mass is 10.1. The number of hydrogen-bond acceptors (Lipinski definition) is 3. The van der Waals surface area contributed by atoms with E-state index in [9.17, 15) is 4.79 Å². The van der Waals surface area contributed by atoms with E-state index in [2.05, 4.69) is 23.9 Å². The van der Waals surface area contributed by atoms with Crippen molar-refractivity contribution in [1.82, 2.24) is 19.7 Å². The monoisotopic (exact) mass is 272 g/mol. The molecule has 1 fully saturated rings. The van der Waals surface area contributed by atoms with Crippen molar-refractivity contribution in [3.05, 3.63) is 24.0 Å². The first kappa shape index (κ1) is 13.1. The van der Waals surface area contributed by atoms with E-state index < -0.39 is 0 Å². The molecule has 0 bridgehead atoms. The molecule has 1 aliphatic rings. The third-order valence-corrected chi connectivity index (χ3v) is 3.81. The summed E-state index contributed by atoms with van der Waals surface area (Å²) in [6.45, 7) is 5.87. The fourth-order valence-electron chi connectivity index (χ4n) is 2.71. The van der Waals surface area contributed by atoms with Crippen molar-refractivity contribution in [2.75, 3.05) is 13.1 Å². The van der Waals surface area contributed by atoms with Gasteiger partial charge < -0.3 is 4.90 Å². The molecule has 0 aromatic carbocycles. The summed E-state index contributed by atoms with van der Waals surface area (Å²) in [4.78, 5) is 18.8. The molecule has 0 atom stereocenters. The Bertz CT molecular complexity index is 626. The largest absolute Gasteiger partial charge is 0.339 e. The lowest BCUT2D eigenvalue weighted by Gasteiger charge is -2.26. The molecule has 0 spiro atoms. The van der Waals surface area contributed by atoms with Gasteiger partial charge in [0.15, 0.2) is 5.65 Å². The van der Waals surface area contributed by atoms with E-state index in [4.69, 9.17) is 0 Å². The van der Waals surface area contributed by atoms with Gasteiger partial charge in [-0.3, -0.25) is 4.79 Å². The summed E-state index contributed by atoms with van der Waals surface area (Å²) in [5.74, 6) is 0.0939. The minimum atomic E-state index is 0.0939. The molecule has 0 unspecified atom stereocenters. The maximum absolute atomic E-state index is 12.4. The normalized spacial score (nSPS) is 16.1. The molecule has 2 aromatic rings. The number of rotatable bonds is 2. The SMILES string of the molecule is CC(C)n1ncc2cc(C(=O)N3CCCCC3)cnc21. The second-order valence-electron chi connectivity index (χ2n) is 5.67. The van der Waals surface area contributed by atoms with E-state index in [0.29, 0.717) is 5.56 Å². The number of fused-ring (bicyclic) bond motifs is 1. The zero-order chi connectivity index (χ0) is 14.1. The molecule has 106 valence electrons. The smallest absolute Gasteiger partial charge is 0.255 e. The zero-order valence-corrected chi connectivity index (χ0v) is 12.0. The molecule has 0 radical (unpaired) electrons. The van der Waals surface area contributed by atoms with Crippen molar-refractivity contribution in [2.24, 2.45) is 0 Å². The highest BCUT2D eigenvalue weighted by molar-refractivity contribution is 5.96. The van der Waals surface area contributed by atoms with Crippen LogP contribution in [-0.4, -0.2) is 38.7 Å². The minimum absolute atomic E-state index is 0.0939. The molecular formula is C15H20N4O. The van der Waals surface area contributed by atoms with Crippen molar-refractivity contribution < 1.29 is 4.79 Å². The van der Waals surface area contributed by atoms with Gasteiger partial charge in [-0.15, -0.1) is 0 Å². The van der Waals surface area contributed by atoms with Gasteiger partial charge in [0.05, 0.1) is 11.8 Å². The topological polar surface area (TPSA) is 51.0 Å². The van der Waals surface area contributed by atoms with Crippen LogP contribution in [0.25, 0.3) is 11.0 Å². The van der Waals surface area contributed by atoms with Gasteiger partial charge >= 0.3 is 0 Å².